The largest absolute Gasteiger partial charge is 0.271 e. The molecule has 41 heavy (non-hydrogen) atoms. The number of amides is 1. The SMILES string of the molecule is C=C[C@H]1c2ccccc2N(S(=O)(=O)c2ccc(C)cc2)[C@@H](c2ccc(Cl)cc2)[C@]12C(=O)N(c1ccccc1)N=C2C. The first-order valence-electron chi connectivity index (χ1n) is 13.2. The van der Waals surface area contributed by atoms with E-state index in [1.807, 2.05) is 49.4 Å². The molecule has 0 aromatic heterocycles. The van der Waals surface area contributed by atoms with Crippen LogP contribution < -0.4 is 9.31 Å². The summed E-state index contributed by atoms with van der Waals surface area (Å²) in [6.45, 7) is 7.85. The van der Waals surface area contributed by atoms with Crippen molar-refractivity contribution in [2.45, 2.75) is 30.7 Å². The first-order chi connectivity index (χ1) is 19.7. The van der Waals surface area contributed by atoms with E-state index < -0.39 is 27.4 Å². The second-order valence-corrected chi connectivity index (χ2v) is 12.6. The molecule has 2 aliphatic heterocycles. The predicted molar refractivity (Wildman–Crippen MR) is 164 cm³/mol. The number of sulfonamides is 1. The summed E-state index contributed by atoms with van der Waals surface area (Å²) in [5.41, 5.74) is 2.38. The van der Waals surface area contributed by atoms with Crippen LogP contribution in [0.5, 0.6) is 0 Å². The van der Waals surface area contributed by atoms with Gasteiger partial charge in [0.05, 0.1) is 28.0 Å². The molecule has 6 rings (SSSR count). The third-order valence-electron chi connectivity index (χ3n) is 8.06. The minimum Gasteiger partial charge on any atom is -0.271 e. The Labute approximate surface area is 245 Å². The van der Waals surface area contributed by atoms with Gasteiger partial charge >= 0.3 is 0 Å². The maximum absolute atomic E-state index is 14.9. The van der Waals surface area contributed by atoms with Crippen LogP contribution in [0, 0.1) is 12.3 Å². The topological polar surface area (TPSA) is 70.1 Å². The van der Waals surface area contributed by atoms with Crippen molar-refractivity contribution >= 4 is 44.6 Å². The molecule has 2 heterocycles. The Balaban J connectivity index is 1.70. The molecule has 6 nitrogen and oxygen atoms in total. The minimum atomic E-state index is -4.18. The third-order valence-corrected chi connectivity index (χ3v) is 10.1. The van der Waals surface area contributed by atoms with Crippen LogP contribution in [0.2, 0.25) is 5.02 Å². The number of para-hydroxylation sites is 2. The van der Waals surface area contributed by atoms with E-state index in [1.54, 1.807) is 73.7 Å². The van der Waals surface area contributed by atoms with E-state index in [1.165, 1.54) is 9.31 Å². The molecule has 1 amide bonds. The van der Waals surface area contributed by atoms with Crippen molar-refractivity contribution in [1.82, 2.24) is 0 Å². The summed E-state index contributed by atoms with van der Waals surface area (Å²) >= 11 is 6.29. The molecule has 0 fully saturated rings. The molecule has 8 heteroatoms. The molecule has 2 aliphatic rings. The lowest BCUT2D eigenvalue weighted by atomic mass is 9.60. The number of carbonyl (C=O) groups is 1. The van der Waals surface area contributed by atoms with Gasteiger partial charge in [-0.25, -0.2) is 8.42 Å². The maximum atomic E-state index is 14.9. The summed E-state index contributed by atoms with van der Waals surface area (Å²) in [5, 5.41) is 6.68. The first kappa shape index (κ1) is 27.0. The smallest absolute Gasteiger partial charge is 0.264 e. The van der Waals surface area contributed by atoms with Crippen LogP contribution in [-0.4, -0.2) is 20.0 Å². The lowest BCUT2D eigenvalue weighted by molar-refractivity contribution is -0.125. The van der Waals surface area contributed by atoms with Gasteiger partial charge in [0.2, 0.25) is 0 Å². The zero-order valence-corrected chi connectivity index (χ0v) is 24.2. The summed E-state index contributed by atoms with van der Waals surface area (Å²) < 4.78 is 30.8. The zero-order chi connectivity index (χ0) is 28.9. The Bertz CT molecular complexity index is 1790. The molecule has 0 radical (unpaired) electrons. The number of hydrogen-bond acceptors (Lipinski definition) is 4. The normalized spacial score (nSPS) is 22.0. The van der Waals surface area contributed by atoms with Gasteiger partial charge in [0.25, 0.3) is 15.9 Å². The molecule has 0 unspecified atom stereocenters. The predicted octanol–water partition coefficient (Wildman–Crippen LogP) is 7.28. The molecule has 4 aromatic rings. The number of aryl methyl sites for hydroxylation is 1. The van der Waals surface area contributed by atoms with E-state index in [0.29, 0.717) is 33.2 Å². The van der Waals surface area contributed by atoms with E-state index >= 15 is 0 Å². The highest BCUT2D eigenvalue weighted by molar-refractivity contribution is 7.92. The number of carbonyl (C=O) groups excluding carboxylic acids is 1. The summed E-state index contributed by atoms with van der Waals surface area (Å²) in [6.07, 6.45) is 1.74. The van der Waals surface area contributed by atoms with Crippen molar-refractivity contribution in [2.75, 3.05) is 9.31 Å². The number of anilines is 2. The zero-order valence-electron chi connectivity index (χ0n) is 22.6. The average Bonchev–Trinajstić information content (AvgIpc) is 3.23. The molecule has 0 aliphatic carbocycles. The number of allylic oxidation sites excluding steroid dienone is 1. The minimum absolute atomic E-state index is 0.129. The quantitative estimate of drug-likeness (QED) is 0.233. The summed E-state index contributed by atoms with van der Waals surface area (Å²) in [7, 11) is -4.18. The van der Waals surface area contributed by atoms with Gasteiger partial charge in [-0.3, -0.25) is 9.10 Å². The van der Waals surface area contributed by atoms with Crippen LogP contribution in [0.3, 0.4) is 0 Å². The van der Waals surface area contributed by atoms with Gasteiger partial charge in [-0.05, 0) is 67.4 Å². The molecule has 1 spiro atoms. The van der Waals surface area contributed by atoms with Crippen molar-refractivity contribution in [3.05, 3.63) is 137 Å². The fourth-order valence-electron chi connectivity index (χ4n) is 6.16. The number of benzene rings is 4. The number of nitrogens with zero attached hydrogens (tertiary/aromatic N) is 3. The number of hydrogen-bond donors (Lipinski definition) is 0. The van der Waals surface area contributed by atoms with E-state index in [2.05, 4.69) is 6.58 Å². The third kappa shape index (κ3) is 4.03. The molecular formula is C33H28ClN3O3S. The van der Waals surface area contributed by atoms with E-state index in [-0.39, 0.29) is 10.8 Å². The number of halogens is 1. The standard InChI is InChI=1S/C33H28ClN3O3S/c1-4-29-28-12-8-9-13-30(28)37(41(39,40)27-20-14-22(2)15-21-27)31(24-16-18-25(34)19-17-24)33(29)23(3)35-36(32(33)38)26-10-6-5-7-11-26/h4-21,29,31H,1H2,2-3H3/t29-,31-,33+/m0/s1. The lowest BCUT2D eigenvalue weighted by Crippen LogP contribution is -2.57. The van der Waals surface area contributed by atoms with Gasteiger partial charge in [-0.15, -0.1) is 6.58 Å². The number of hydrazone groups is 1. The van der Waals surface area contributed by atoms with Gasteiger partial charge in [0.15, 0.2) is 0 Å². The fraction of sp³-hybridized carbons (Fsp3) is 0.152. The van der Waals surface area contributed by atoms with Gasteiger partial charge < -0.3 is 0 Å². The van der Waals surface area contributed by atoms with E-state index in [9.17, 15) is 13.2 Å². The summed E-state index contributed by atoms with van der Waals surface area (Å²) in [5.74, 6) is -0.904. The molecule has 0 saturated heterocycles. The maximum Gasteiger partial charge on any atom is 0.264 e. The monoisotopic (exact) mass is 581 g/mol. The van der Waals surface area contributed by atoms with Gasteiger partial charge in [-0.1, -0.05) is 83.9 Å². The molecule has 0 N–H and O–H groups in total. The molecule has 3 atom stereocenters. The van der Waals surface area contributed by atoms with E-state index in [0.717, 1.165) is 5.56 Å². The van der Waals surface area contributed by atoms with Crippen molar-refractivity contribution in [1.29, 1.82) is 0 Å². The summed E-state index contributed by atoms with van der Waals surface area (Å²) in [6, 6.07) is 29.2. The van der Waals surface area contributed by atoms with Crippen LogP contribution in [0.1, 0.15) is 35.6 Å². The van der Waals surface area contributed by atoms with Gasteiger partial charge in [-0.2, -0.15) is 10.1 Å². The van der Waals surface area contributed by atoms with Crippen LogP contribution >= 0.6 is 11.6 Å². The van der Waals surface area contributed by atoms with Crippen molar-refractivity contribution in [2.24, 2.45) is 10.5 Å². The molecule has 4 aromatic carbocycles. The molecule has 0 saturated carbocycles. The molecule has 206 valence electrons. The summed E-state index contributed by atoms with van der Waals surface area (Å²) in [4.78, 5) is 15.0. The number of fused-ring (bicyclic) bond motifs is 1. The Kier molecular flexibility index (Phi) is 6.59. The van der Waals surface area contributed by atoms with Crippen LogP contribution in [0.15, 0.2) is 126 Å². The van der Waals surface area contributed by atoms with Crippen LogP contribution in [0.4, 0.5) is 11.4 Å². The second kappa shape index (κ2) is 10.0. The highest BCUT2D eigenvalue weighted by Gasteiger charge is 2.65. The van der Waals surface area contributed by atoms with Crippen LogP contribution in [-0.2, 0) is 14.8 Å². The Hall–Kier alpha value is -4.20. The van der Waals surface area contributed by atoms with Crippen LogP contribution in [0.25, 0.3) is 0 Å². The Morgan fingerprint density at radius 3 is 2.17 bits per heavy atom. The first-order valence-corrected chi connectivity index (χ1v) is 15.1. The number of rotatable bonds is 5. The highest BCUT2D eigenvalue weighted by atomic mass is 35.5. The molecular weight excluding hydrogens is 554 g/mol. The van der Waals surface area contributed by atoms with Crippen molar-refractivity contribution in [3.8, 4) is 0 Å². The van der Waals surface area contributed by atoms with Gasteiger partial charge in [0, 0.05) is 10.9 Å². The fourth-order valence-corrected chi connectivity index (χ4v) is 7.99. The lowest BCUT2D eigenvalue weighted by Gasteiger charge is -2.51. The average molecular weight is 582 g/mol. The Morgan fingerprint density at radius 2 is 1.51 bits per heavy atom. The van der Waals surface area contributed by atoms with Gasteiger partial charge in [0.1, 0.15) is 5.41 Å². The highest BCUT2D eigenvalue weighted by Crippen LogP contribution is 2.61. The Morgan fingerprint density at radius 1 is 0.878 bits per heavy atom. The molecule has 0 bridgehead atoms. The van der Waals surface area contributed by atoms with E-state index in [4.69, 9.17) is 16.7 Å². The second-order valence-electron chi connectivity index (χ2n) is 10.3. The van der Waals surface area contributed by atoms with Crippen molar-refractivity contribution in [3.63, 3.8) is 0 Å². The van der Waals surface area contributed by atoms with Crippen molar-refractivity contribution < 1.29 is 13.2 Å².